The molecule has 1 heterocycles. The topological polar surface area (TPSA) is 66.0 Å². The van der Waals surface area contributed by atoms with E-state index in [1.165, 1.54) is 5.56 Å². The predicted octanol–water partition coefficient (Wildman–Crippen LogP) is 2.67. The number of hydrogen-bond acceptors (Lipinski definition) is 4. The summed E-state index contributed by atoms with van der Waals surface area (Å²) >= 11 is 0. The Hall–Kier alpha value is -1.88. The number of hydrogen-bond donors (Lipinski definition) is 1. The predicted molar refractivity (Wildman–Crippen MR) is 74.2 cm³/mol. The second-order valence-electron chi connectivity index (χ2n) is 4.47. The maximum absolute atomic E-state index is 5.86. The van der Waals surface area contributed by atoms with Crippen LogP contribution < -0.4 is 10.5 Å². The highest BCUT2D eigenvalue weighted by Crippen LogP contribution is 2.22. The van der Waals surface area contributed by atoms with Crippen molar-refractivity contribution in [2.75, 3.05) is 0 Å². The Morgan fingerprint density at radius 1 is 1.21 bits per heavy atom. The second-order valence-corrected chi connectivity index (χ2v) is 4.47. The third kappa shape index (κ3) is 2.93. The molecule has 0 radical (unpaired) electrons. The summed E-state index contributed by atoms with van der Waals surface area (Å²) in [4.78, 5) is 0. The molecule has 2 N–H and O–H groups in total. The minimum atomic E-state index is -0.160. The van der Waals surface area contributed by atoms with Crippen LogP contribution in [0.1, 0.15) is 38.2 Å². The molecule has 0 aliphatic heterocycles. The summed E-state index contributed by atoms with van der Waals surface area (Å²) in [6.45, 7) is 6.75. The molecule has 0 aliphatic carbocycles. The van der Waals surface area contributed by atoms with Crippen molar-refractivity contribution in [1.29, 1.82) is 0 Å². The molecule has 1 aromatic carbocycles. The number of ether oxygens (including phenoxy) is 1. The van der Waals surface area contributed by atoms with E-state index in [4.69, 9.17) is 10.5 Å². The van der Waals surface area contributed by atoms with E-state index in [0.29, 0.717) is 6.01 Å². The van der Waals surface area contributed by atoms with Gasteiger partial charge in [0.15, 0.2) is 5.82 Å². The fourth-order valence-corrected chi connectivity index (χ4v) is 1.91. The van der Waals surface area contributed by atoms with E-state index in [2.05, 4.69) is 29.3 Å². The average Bonchev–Trinajstić information content (AvgIpc) is 2.82. The van der Waals surface area contributed by atoms with Crippen molar-refractivity contribution in [2.45, 2.75) is 39.8 Å². The van der Waals surface area contributed by atoms with Crippen LogP contribution in [0.4, 0.5) is 0 Å². The van der Waals surface area contributed by atoms with E-state index in [0.717, 1.165) is 24.5 Å². The third-order valence-electron chi connectivity index (χ3n) is 3.01. The van der Waals surface area contributed by atoms with Crippen molar-refractivity contribution < 1.29 is 4.74 Å². The highest BCUT2D eigenvalue weighted by Gasteiger charge is 2.15. The molecule has 5 nitrogen and oxygen atoms in total. The first-order valence-corrected chi connectivity index (χ1v) is 6.61. The van der Waals surface area contributed by atoms with E-state index < -0.39 is 0 Å². The van der Waals surface area contributed by atoms with Crippen molar-refractivity contribution in [3.05, 3.63) is 35.7 Å². The second kappa shape index (κ2) is 5.84. The Morgan fingerprint density at radius 3 is 2.42 bits per heavy atom. The summed E-state index contributed by atoms with van der Waals surface area (Å²) < 4.78 is 7.65. The Labute approximate surface area is 113 Å². The van der Waals surface area contributed by atoms with Gasteiger partial charge in [-0.25, -0.2) is 0 Å². The van der Waals surface area contributed by atoms with Gasteiger partial charge < -0.3 is 10.5 Å². The lowest BCUT2D eigenvalue weighted by atomic mass is 10.2. The molecule has 0 fully saturated rings. The van der Waals surface area contributed by atoms with Crippen LogP contribution in [0.25, 0.3) is 0 Å². The standard InChI is InChI=1S/C14H20N4O/c1-4-11-6-8-12(9-7-11)19-14-17-16-13(10(3)15)18(14)5-2/h6-10H,4-5,15H2,1-3H3/t10-/m1/s1. The van der Waals surface area contributed by atoms with Crippen molar-refractivity contribution in [1.82, 2.24) is 14.8 Å². The largest absolute Gasteiger partial charge is 0.424 e. The van der Waals surface area contributed by atoms with E-state index in [1.807, 2.05) is 30.5 Å². The zero-order valence-electron chi connectivity index (χ0n) is 11.6. The summed E-state index contributed by atoms with van der Waals surface area (Å²) in [5, 5.41) is 8.14. The fraction of sp³-hybridized carbons (Fsp3) is 0.429. The maximum Gasteiger partial charge on any atom is 0.322 e. The highest BCUT2D eigenvalue weighted by atomic mass is 16.5. The molecule has 2 rings (SSSR count). The molecular formula is C14H20N4O. The monoisotopic (exact) mass is 260 g/mol. The van der Waals surface area contributed by atoms with E-state index in [-0.39, 0.29) is 6.04 Å². The first-order valence-electron chi connectivity index (χ1n) is 6.61. The molecule has 19 heavy (non-hydrogen) atoms. The van der Waals surface area contributed by atoms with Gasteiger partial charge in [-0.2, -0.15) is 0 Å². The maximum atomic E-state index is 5.86. The van der Waals surface area contributed by atoms with Gasteiger partial charge in [-0.3, -0.25) is 4.57 Å². The summed E-state index contributed by atoms with van der Waals surface area (Å²) in [5.41, 5.74) is 7.13. The molecule has 0 unspecified atom stereocenters. The van der Waals surface area contributed by atoms with Gasteiger partial charge in [-0.1, -0.05) is 24.2 Å². The molecule has 0 saturated heterocycles. The van der Waals surface area contributed by atoms with Crippen LogP contribution in [0.3, 0.4) is 0 Å². The van der Waals surface area contributed by atoms with Crippen molar-refractivity contribution in [2.24, 2.45) is 5.73 Å². The van der Waals surface area contributed by atoms with E-state index in [1.54, 1.807) is 0 Å². The summed E-state index contributed by atoms with van der Waals surface area (Å²) in [6.07, 6.45) is 1.01. The number of nitrogens with two attached hydrogens (primary N) is 1. The molecule has 0 bridgehead atoms. The molecule has 0 saturated carbocycles. The van der Waals surface area contributed by atoms with Crippen LogP contribution >= 0.6 is 0 Å². The normalized spacial score (nSPS) is 12.4. The molecule has 1 aromatic heterocycles. The van der Waals surface area contributed by atoms with Gasteiger partial charge in [0.2, 0.25) is 0 Å². The van der Waals surface area contributed by atoms with Crippen LogP contribution in [0, 0.1) is 0 Å². The van der Waals surface area contributed by atoms with Crippen molar-refractivity contribution in [3.8, 4) is 11.8 Å². The van der Waals surface area contributed by atoms with Gasteiger partial charge in [0, 0.05) is 6.54 Å². The van der Waals surface area contributed by atoms with Gasteiger partial charge >= 0.3 is 6.01 Å². The molecule has 1 atom stereocenters. The Morgan fingerprint density at radius 2 is 1.89 bits per heavy atom. The lowest BCUT2D eigenvalue weighted by Gasteiger charge is -2.10. The number of aromatic nitrogens is 3. The number of nitrogens with zero attached hydrogens (tertiary/aromatic N) is 3. The van der Waals surface area contributed by atoms with Gasteiger partial charge in [-0.05, 0) is 38.0 Å². The summed E-state index contributed by atoms with van der Waals surface area (Å²) in [6, 6.07) is 8.31. The SMILES string of the molecule is CCc1ccc(Oc2nnc([C@@H](C)N)n2CC)cc1. The van der Waals surface area contributed by atoms with Crippen LogP contribution in [-0.4, -0.2) is 14.8 Å². The Balaban J connectivity index is 2.22. The van der Waals surface area contributed by atoms with E-state index in [9.17, 15) is 0 Å². The average molecular weight is 260 g/mol. The highest BCUT2D eigenvalue weighted by molar-refractivity contribution is 5.29. The Bertz CT molecular complexity index is 531. The molecule has 2 aromatic rings. The Kier molecular flexibility index (Phi) is 4.16. The number of rotatable bonds is 5. The quantitative estimate of drug-likeness (QED) is 0.897. The first-order chi connectivity index (χ1) is 9.15. The van der Waals surface area contributed by atoms with Crippen LogP contribution in [0.15, 0.2) is 24.3 Å². The molecule has 5 heteroatoms. The molecule has 102 valence electrons. The summed E-state index contributed by atoms with van der Waals surface area (Å²) in [5.74, 6) is 1.50. The van der Waals surface area contributed by atoms with Gasteiger partial charge in [0.1, 0.15) is 5.75 Å². The van der Waals surface area contributed by atoms with Crippen molar-refractivity contribution >= 4 is 0 Å². The van der Waals surface area contributed by atoms with Gasteiger partial charge in [0.25, 0.3) is 0 Å². The molecular weight excluding hydrogens is 240 g/mol. The fourth-order valence-electron chi connectivity index (χ4n) is 1.91. The number of aryl methyl sites for hydroxylation is 1. The third-order valence-corrected chi connectivity index (χ3v) is 3.01. The molecule has 0 amide bonds. The molecule has 0 aliphatic rings. The molecule has 0 spiro atoms. The smallest absolute Gasteiger partial charge is 0.322 e. The lowest BCUT2D eigenvalue weighted by molar-refractivity contribution is 0.409. The van der Waals surface area contributed by atoms with Crippen LogP contribution in [-0.2, 0) is 13.0 Å². The van der Waals surface area contributed by atoms with Gasteiger partial charge in [-0.15, -0.1) is 5.10 Å². The van der Waals surface area contributed by atoms with Crippen LogP contribution in [0.2, 0.25) is 0 Å². The number of benzene rings is 1. The zero-order chi connectivity index (χ0) is 13.8. The lowest BCUT2D eigenvalue weighted by Crippen LogP contribution is -2.13. The van der Waals surface area contributed by atoms with Gasteiger partial charge in [0.05, 0.1) is 6.04 Å². The van der Waals surface area contributed by atoms with Crippen LogP contribution in [0.5, 0.6) is 11.8 Å². The van der Waals surface area contributed by atoms with E-state index >= 15 is 0 Å². The first kappa shape index (κ1) is 13.5. The minimum absolute atomic E-state index is 0.160. The minimum Gasteiger partial charge on any atom is -0.424 e. The van der Waals surface area contributed by atoms with Crippen molar-refractivity contribution in [3.63, 3.8) is 0 Å². The zero-order valence-corrected chi connectivity index (χ0v) is 11.6. The summed E-state index contributed by atoms with van der Waals surface area (Å²) in [7, 11) is 0.